The lowest BCUT2D eigenvalue weighted by atomic mass is 9.96. The van der Waals surface area contributed by atoms with Gasteiger partial charge in [0.2, 0.25) is 0 Å². The highest BCUT2D eigenvalue weighted by Gasteiger charge is 2.33. The predicted octanol–water partition coefficient (Wildman–Crippen LogP) is 2.64. The molecule has 1 aliphatic heterocycles. The Morgan fingerprint density at radius 3 is 2.94 bits per heavy atom. The van der Waals surface area contributed by atoms with Crippen molar-refractivity contribution in [1.82, 2.24) is 4.90 Å². The maximum atomic E-state index is 6.37. The molecule has 4 unspecified atom stereocenters. The van der Waals surface area contributed by atoms with E-state index in [2.05, 4.69) is 42.5 Å². The number of ether oxygens (including phenoxy) is 1. The highest BCUT2D eigenvalue weighted by molar-refractivity contribution is 7.07. The van der Waals surface area contributed by atoms with Crippen LogP contribution in [-0.2, 0) is 4.74 Å². The first-order chi connectivity index (χ1) is 8.63. The Kier molecular flexibility index (Phi) is 4.78. The van der Waals surface area contributed by atoms with Crippen LogP contribution in [0.25, 0.3) is 0 Å². The molecule has 2 N–H and O–H groups in total. The first-order valence-electron chi connectivity index (χ1n) is 6.78. The van der Waals surface area contributed by atoms with Crippen molar-refractivity contribution in [2.75, 3.05) is 13.2 Å². The van der Waals surface area contributed by atoms with Crippen LogP contribution in [0.4, 0.5) is 0 Å². The number of nitrogens with zero attached hydrogens (tertiary/aromatic N) is 1. The van der Waals surface area contributed by atoms with Crippen LogP contribution in [0.2, 0.25) is 0 Å². The number of hydrogen-bond acceptors (Lipinski definition) is 4. The molecule has 1 fully saturated rings. The van der Waals surface area contributed by atoms with Crippen LogP contribution in [0.1, 0.15) is 38.8 Å². The van der Waals surface area contributed by atoms with Crippen molar-refractivity contribution in [3.05, 3.63) is 22.4 Å². The predicted molar refractivity (Wildman–Crippen MR) is 76.9 cm³/mol. The van der Waals surface area contributed by atoms with Crippen molar-refractivity contribution >= 4 is 11.3 Å². The zero-order chi connectivity index (χ0) is 13.1. The van der Waals surface area contributed by atoms with E-state index >= 15 is 0 Å². The lowest BCUT2D eigenvalue weighted by Crippen LogP contribution is -2.52. The number of hydrogen-bond donors (Lipinski definition) is 1. The average Bonchev–Trinajstić information content (AvgIpc) is 2.87. The molecule has 18 heavy (non-hydrogen) atoms. The molecule has 4 heteroatoms. The Hall–Kier alpha value is -0.420. The third-order valence-corrected chi connectivity index (χ3v) is 4.48. The Balaban J connectivity index is 2.22. The molecule has 1 aromatic heterocycles. The minimum absolute atomic E-state index is 0.187. The Bertz CT molecular complexity index is 355. The van der Waals surface area contributed by atoms with E-state index in [1.165, 1.54) is 5.56 Å². The van der Waals surface area contributed by atoms with Crippen molar-refractivity contribution < 1.29 is 4.74 Å². The van der Waals surface area contributed by atoms with E-state index in [4.69, 9.17) is 10.5 Å². The van der Waals surface area contributed by atoms with Gasteiger partial charge in [-0.15, -0.1) is 0 Å². The number of thiophene rings is 1. The Labute approximate surface area is 114 Å². The van der Waals surface area contributed by atoms with Crippen LogP contribution >= 0.6 is 11.3 Å². The van der Waals surface area contributed by atoms with Crippen molar-refractivity contribution in [2.45, 2.75) is 51.4 Å². The van der Waals surface area contributed by atoms with Gasteiger partial charge in [0.1, 0.15) is 0 Å². The van der Waals surface area contributed by atoms with Gasteiger partial charge in [-0.25, -0.2) is 0 Å². The molecule has 0 spiro atoms. The van der Waals surface area contributed by atoms with Crippen LogP contribution in [0, 0.1) is 0 Å². The molecule has 2 rings (SSSR count). The van der Waals surface area contributed by atoms with E-state index in [-0.39, 0.29) is 6.04 Å². The summed E-state index contributed by atoms with van der Waals surface area (Å²) in [5.41, 5.74) is 7.73. The van der Waals surface area contributed by atoms with Gasteiger partial charge in [0.25, 0.3) is 0 Å². The van der Waals surface area contributed by atoms with Gasteiger partial charge in [-0.2, -0.15) is 11.3 Å². The third-order valence-electron chi connectivity index (χ3n) is 3.77. The molecule has 0 aromatic carbocycles. The van der Waals surface area contributed by atoms with E-state index in [1.54, 1.807) is 11.3 Å². The highest BCUT2D eigenvalue weighted by Crippen LogP contribution is 2.30. The molecule has 0 aliphatic carbocycles. The monoisotopic (exact) mass is 268 g/mol. The van der Waals surface area contributed by atoms with E-state index in [9.17, 15) is 0 Å². The van der Waals surface area contributed by atoms with Crippen LogP contribution in [0.3, 0.4) is 0 Å². The quantitative estimate of drug-likeness (QED) is 0.912. The third kappa shape index (κ3) is 2.94. The van der Waals surface area contributed by atoms with Crippen LogP contribution in [-0.4, -0.2) is 36.2 Å². The molecular formula is C14H24N2OS. The fraction of sp³-hybridized carbons (Fsp3) is 0.714. The maximum Gasteiger partial charge on any atom is 0.0675 e. The lowest BCUT2D eigenvalue weighted by Gasteiger charge is -2.43. The minimum atomic E-state index is 0.187. The van der Waals surface area contributed by atoms with Gasteiger partial charge in [-0.1, -0.05) is 6.92 Å². The topological polar surface area (TPSA) is 38.5 Å². The number of rotatable bonds is 4. The van der Waals surface area contributed by atoms with Crippen molar-refractivity contribution in [3.8, 4) is 0 Å². The molecule has 102 valence electrons. The summed E-state index contributed by atoms with van der Waals surface area (Å²) in [6.45, 7) is 8.31. The van der Waals surface area contributed by atoms with Crippen LogP contribution < -0.4 is 5.73 Å². The first kappa shape index (κ1) is 14.0. The summed E-state index contributed by atoms with van der Waals surface area (Å²) in [5, 5.41) is 4.37. The fourth-order valence-corrected chi connectivity index (χ4v) is 3.36. The molecule has 1 aromatic rings. The Morgan fingerprint density at radius 2 is 2.33 bits per heavy atom. The van der Waals surface area contributed by atoms with E-state index in [0.717, 1.165) is 19.6 Å². The molecule has 2 heterocycles. The highest BCUT2D eigenvalue weighted by atomic mass is 32.1. The summed E-state index contributed by atoms with van der Waals surface area (Å²) in [4.78, 5) is 2.52. The van der Waals surface area contributed by atoms with Crippen LogP contribution in [0.5, 0.6) is 0 Å². The summed E-state index contributed by atoms with van der Waals surface area (Å²) in [7, 11) is 0. The van der Waals surface area contributed by atoms with Gasteiger partial charge in [-0.05, 0) is 42.7 Å². The normalized spacial score (nSPS) is 29.1. The van der Waals surface area contributed by atoms with Gasteiger partial charge in [0, 0.05) is 18.6 Å². The minimum Gasteiger partial charge on any atom is -0.376 e. The summed E-state index contributed by atoms with van der Waals surface area (Å²) in [5.74, 6) is 0. The molecule has 1 aliphatic rings. The van der Waals surface area contributed by atoms with Crippen molar-refractivity contribution in [2.24, 2.45) is 5.73 Å². The average molecular weight is 268 g/mol. The molecule has 0 radical (unpaired) electrons. The first-order valence-corrected chi connectivity index (χ1v) is 7.72. The summed E-state index contributed by atoms with van der Waals surface area (Å²) >= 11 is 1.75. The lowest BCUT2D eigenvalue weighted by molar-refractivity contribution is -0.0706. The largest absolute Gasteiger partial charge is 0.376 e. The summed E-state index contributed by atoms with van der Waals surface area (Å²) < 4.78 is 5.72. The van der Waals surface area contributed by atoms with Gasteiger partial charge in [0.15, 0.2) is 0 Å². The van der Waals surface area contributed by atoms with Gasteiger partial charge < -0.3 is 10.5 Å². The molecule has 0 saturated carbocycles. The molecule has 0 bridgehead atoms. The smallest absolute Gasteiger partial charge is 0.0675 e. The maximum absolute atomic E-state index is 6.37. The molecule has 3 nitrogen and oxygen atoms in total. The fourth-order valence-electron chi connectivity index (χ4n) is 2.67. The standard InChI is InChI=1S/C14H24N2OS/c1-4-13(15)14(12-5-6-18-9-12)16-7-11(3)17-8-10(16)2/h5-6,9-11,13-14H,4,7-8,15H2,1-3H3. The second-order valence-corrected chi connectivity index (χ2v) is 6.04. The molecule has 1 saturated heterocycles. The van der Waals surface area contributed by atoms with E-state index in [0.29, 0.717) is 18.2 Å². The summed E-state index contributed by atoms with van der Waals surface area (Å²) in [6, 6.07) is 3.15. The zero-order valence-corrected chi connectivity index (χ0v) is 12.3. The Morgan fingerprint density at radius 1 is 1.56 bits per heavy atom. The second kappa shape index (κ2) is 6.15. The van der Waals surface area contributed by atoms with Crippen molar-refractivity contribution in [3.63, 3.8) is 0 Å². The van der Waals surface area contributed by atoms with Gasteiger partial charge >= 0.3 is 0 Å². The van der Waals surface area contributed by atoms with Crippen molar-refractivity contribution in [1.29, 1.82) is 0 Å². The van der Waals surface area contributed by atoms with E-state index in [1.807, 2.05) is 0 Å². The zero-order valence-electron chi connectivity index (χ0n) is 11.5. The summed E-state index contributed by atoms with van der Waals surface area (Å²) in [6.07, 6.45) is 1.30. The van der Waals surface area contributed by atoms with Gasteiger partial charge in [-0.3, -0.25) is 4.90 Å². The second-order valence-electron chi connectivity index (χ2n) is 5.26. The van der Waals surface area contributed by atoms with Crippen LogP contribution in [0.15, 0.2) is 16.8 Å². The number of nitrogens with two attached hydrogens (primary N) is 1. The molecule has 0 amide bonds. The van der Waals surface area contributed by atoms with E-state index < -0.39 is 0 Å². The van der Waals surface area contributed by atoms with Gasteiger partial charge in [0.05, 0.1) is 18.8 Å². The SMILES string of the molecule is CCC(N)C(c1ccsc1)N1CC(C)OCC1C. The molecular weight excluding hydrogens is 244 g/mol. The molecule has 4 atom stereocenters. The number of morpholine rings is 1.